The van der Waals surface area contributed by atoms with Crippen molar-refractivity contribution in [3.63, 3.8) is 0 Å². The molecule has 0 radical (unpaired) electrons. The van der Waals surface area contributed by atoms with Crippen molar-refractivity contribution in [2.24, 2.45) is 0 Å². The fourth-order valence-electron chi connectivity index (χ4n) is 7.93. The number of aliphatic hydroxyl groups excluding tert-OH is 1. The minimum absolute atomic E-state index is 0.0487. The smallest absolute Gasteiger partial charge is 0.387 e. The van der Waals surface area contributed by atoms with Crippen LogP contribution in [0.1, 0.15) is 239 Å². The lowest BCUT2D eigenvalue weighted by atomic mass is 10.0. The van der Waals surface area contributed by atoms with Gasteiger partial charge in [-0.3, -0.25) is 13.8 Å². The van der Waals surface area contributed by atoms with Gasteiger partial charge in [0.2, 0.25) is 5.91 Å². The molecule has 400 valence electrons. The van der Waals surface area contributed by atoms with Crippen LogP contribution in [-0.4, -0.2) is 73.4 Å². The van der Waals surface area contributed by atoms with Crippen molar-refractivity contribution in [2.75, 3.05) is 40.9 Å². The van der Waals surface area contributed by atoms with Gasteiger partial charge in [0, 0.05) is 6.42 Å². The average Bonchev–Trinajstić information content (AvgIpc) is 3.31. The van der Waals surface area contributed by atoms with Gasteiger partial charge in [0.05, 0.1) is 39.9 Å². The average molecular weight is 987 g/mol. The molecule has 0 heterocycles. The van der Waals surface area contributed by atoms with Crippen molar-refractivity contribution in [1.29, 1.82) is 0 Å². The molecule has 0 spiro atoms. The van der Waals surface area contributed by atoms with Gasteiger partial charge in [-0.25, -0.2) is 4.57 Å². The molecule has 0 saturated carbocycles. The normalized spacial score (nSPS) is 14.6. The number of rotatable bonds is 51. The molecule has 8 nitrogen and oxygen atoms in total. The monoisotopic (exact) mass is 986 g/mol. The van der Waals surface area contributed by atoms with E-state index in [9.17, 15) is 19.4 Å². The number of amides is 1. The van der Waals surface area contributed by atoms with E-state index in [2.05, 4.69) is 92.1 Å². The molecule has 1 amide bonds. The molecule has 9 heteroatoms. The van der Waals surface area contributed by atoms with E-state index < -0.39 is 20.0 Å². The van der Waals surface area contributed by atoms with Gasteiger partial charge in [0.25, 0.3) is 0 Å². The van der Waals surface area contributed by atoms with Crippen LogP contribution in [0, 0.1) is 0 Å². The summed E-state index contributed by atoms with van der Waals surface area (Å²) in [5, 5.41) is 13.9. The minimum atomic E-state index is -4.37. The number of quaternary nitrogens is 1. The van der Waals surface area contributed by atoms with Gasteiger partial charge in [-0.15, -0.1) is 0 Å². The molecular formula is C60H110N2O6P+. The van der Waals surface area contributed by atoms with Gasteiger partial charge in [-0.05, 0) is 70.6 Å². The highest BCUT2D eigenvalue weighted by atomic mass is 31.2. The Labute approximate surface area is 426 Å². The summed E-state index contributed by atoms with van der Waals surface area (Å²) < 4.78 is 23.7. The van der Waals surface area contributed by atoms with Crippen LogP contribution in [0.3, 0.4) is 0 Å². The van der Waals surface area contributed by atoms with Crippen molar-refractivity contribution in [1.82, 2.24) is 5.32 Å². The number of nitrogens with zero attached hydrogens (tertiary/aromatic N) is 1. The molecule has 69 heavy (non-hydrogen) atoms. The number of phosphoric acid groups is 1. The molecule has 0 aliphatic rings. The van der Waals surface area contributed by atoms with Crippen LogP contribution in [0.15, 0.2) is 85.1 Å². The minimum Gasteiger partial charge on any atom is -0.387 e. The second kappa shape index (κ2) is 50.6. The molecule has 3 atom stereocenters. The van der Waals surface area contributed by atoms with Crippen LogP contribution in [0.25, 0.3) is 0 Å². The Morgan fingerprint density at radius 2 is 0.870 bits per heavy atom. The van der Waals surface area contributed by atoms with Gasteiger partial charge in [0.15, 0.2) is 0 Å². The summed E-state index contributed by atoms with van der Waals surface area (Å²) in [5.74, 6) is -0.220. The summed E-state index contributed by atoms with van der Waals surface area (Å²) in [6.07, 6.45) is 71.2. The van der Waals surface area contributed by atoms with E-state index in [0.29, 0.717) is 23.9 Å². The van der Waals surface area contributed by atoms with Crippen LogP contribution in [0.5, 0.6) is 0 Å². The van der Waals surface area contributed by atoms with Crippen LogP contribution in [0.4, 0.5) is 0 Å². The molecule has 0 fully saturated rings. The third kappa shape index (κ3) is 53.3. The molecule has 3 N–H and O–H groups in total. The van der Waals surface area contributed by atoms with Gasteiger partial charge < -0.3 is 19.8 Å². The lowest BCUT2D eigenvalue weighted by Gasteiger charge is -2.25. The Balaban J connectivity index is 4.31. The highest BCUT2D eigenvalue weighted by Crippen LogP contribution is 2.43. The van der Waals surface area contributed by atoms with E-state index in [1.54, 1.807) is 6.08 Å². The van der Waals surface area contributed by atoms with E-state index in [1.165, 1.54) is 141 Å². The highest BCUT2D eigenvalue weighted by molar-refractivity contribution is 7.47. The van der Waals surface area contributed by atoms with Crippen molar-refractivity contribution in [3.05, 3.63) is 85.1 Å². The summed E-state index contributed by atoms with van der Waals surface area (Å²) in [6.45, 7) is 4.68. The van der Waals surface area contributed by atoms with Crippen molar-refractivity contribution < 1.29 is 32.9 Å². The molecule has 0 aromatic carbocycles. The number of hydrogen-bond donors (Lipinski definition) is 3. The standard InChI is InChI=1S/C60H109N2O6P/c1-6-8-10-12-14-16-18-20-22-24-26-28-29-30-31-32-34-35-37-39-41-43-45-47-49-51-53-59(63)58(57-68-69(65,66)67-56-55-62(3,4)5)61-60(64)54-52-50-48-46-44-42-40-38-36-33-27-25-23-21-19-17-15-13-11-9-7-2/h9,11,15,17,21,23,27,33,38,40,44,46,51,53,58-59,63H,6-8,10,12-14,16,18-20,22,24-26,28-32,34-37,39,41-43,45,47-50,52,54-57H2,1-5H3,(H-,61,64,65,66)/p+1/b11-9-,17-15-,23-21-,33-27-,40-38-,46-44-,53-51+. The summed E-state index contributed by atoms with van der Waals surface area (Å²) in [7, 11) is 1.53. The van der Waals surface area contributed by atoms with Crippen molar-refractivity contribution in [2.45, 2.75) is 251 Å². The number of nitrogens with one attached hydrogen (secondary N) is 1. The predicted octanol–water partition coefficient (Wildman–Crippen LogP) is 17.3. The topological polar surface area (TPSA) is 105 Å². The Bertz CT molecular complexity index is 1400. The van der Waals surface area contributed by atoms with Crippen LogP contribution < -0.4 is 5.32 Å². The van der Waals surface area contributed by atoms with Crippen molar-refractivity contribution >= 4 is 13.7 Å². The number of phosphoric ester groups is 1. The Morgan fingerprint density at radius 3 is 1.28 bits per heavy atom. The zero-order valence-corrected chi connectivity index (χ0v) is 46.4. The summed E-state index contributed by atoms with van der Waals surface area (Å²) in [6, 6.07) is -0.876. The third-order valence-corrected chi connectivity index (χ3v) is 13.4. The Hall–Kier alpha value is -2.32. The first-order chi connectivity index (χ1) is 33.5. The first kappa shape index (κ1) is 66.7. The number of aliphatic hydroxyl groups is 1. The molecular weight excluding hydrogens is 876 g/mol. The maximum atomic E-state index is 13.0. The zero-order valence-electron chi connectivity index (χ0n) is 45.5. The zero-order chi connectivity index (χ0) is 50.6. The lowest BCUT2D eigenvalue weighted by molar-refractivity contribution is -0.870. The van der Waals surface area contributed by atoms with Crippen LogP contribution in [0.2, 0.25) is 0 Å². The first-order valence-electron chi connectivity index (χ1n) is 28.5. The van der Waals surface area contributed by atoms with Gasteiger partial charge in [-0.1, -0.05) is 247 Å². The highest BCUT2D eigenvalue weighted by Gasteiger charge is 2.27. The summed E-state index contributed by atoms with van der Waals surface area (Å²) >= 11 is 0. The number of carbonyl (C=O) groups excluding carboxylic acids is 1. The predicted molar refractivity (Wildman–Crippen MR) is 299 cm³/mol. The number of allylic oxidation sites excluding steroid dienone is 13. The number of hydrogen-bond acceptors (Lipinski definition) is 5. The molecule has 0 aliphatic carbocycles. The van der Waals surface area contributed by atoms with Gasteiger partial charge >= 0.3 is 7.82 Å². The Kier molecular flexibility index (Phi) is 48.9. The Morgan fingerprint density at radius 1 is 0.507 bits per heavy atom. The maximum Gasteiger partial charge on any atom is 0.472 e. The summed E-state index contributed by atoms with van der Waals surface area (Å²) in [5.41, 5.74) is 0. The molecule has 0 aliphatic heterocycles. The van der Waals surface area contributed by atoms with E-state index in [-0.39, 0.29) is 19.1 Å². The van der Waals surface area contributed by atoms with Gasteiger partial charge in [0.1, 0.15) is 13.2 Å². The number of carbonyl (C=O) groups is 1. The fraction of sp³-hybridized carbons (Fsp3) is 0.750. The van der Waals surface area contributed by atoms with Crippen LogP contribution in [-0.2, 0) is 18.4 Å². The lowest BCUT2D eigenvalue weighted by Crippen LogP contribution is -2.45. The molecule has 0 saturated heterocycles. The van der Waals surface area contributed by atoms with E-state index in [4.69, 9.17) is 9.05 Å². The number of unbranched alkanes of at least 4 members (excludes halogenated alkanes) is 26. The van der Waals surface area contributed by atoms with E-state index >= 15 is 0 Å². The molecule has 3 unspecified atom stereocenters. The first-order valence-corrected chi connectivity index (χ1v) is 30.0. The molecule has 0 rings (SSSR count). The quantitative estimate of drug-likeness (QED) is 0.0243. The third-order valence-electron chi connectivity index (χ3n) is 12.4. The van der Waals surface area contributed by atoms with E-state index in [0.717, 1.165) is 70.6 Å². The second-order valence-electron chi connectivity index (χ2n) is 20.3. The fourth-order valence-corrected chi connectivity index (χ4v) is 8.66. The van der Waals surface area contributed by atoms with Gasteiger partial charge in [-0.2, -0.15) is 0 Å². The maximum absolute atomic E-state index is 13.0. The molecule has 0 aromatic rings. The summed E-state index contributed by atoms with van der Waals surface area (Å²) in [4.78, 5) is 23.3. The molecule has 0 aromatic heterocycles. The van der Waals surface area contributed by atoms with E-state index in [1.807, 2.05) is 27.2 Å². The number of likely N-dealkylation sites (N-methyl/N-ethyl adjacent to an activating group) is 1. The molecule has 0 bridgehead atoms. The van der Waals surface area contributed by atoms with Crippen molar-refractivity contribution in [3.8, 4) is 0 Å². The second-order valence-corrected chi connectivity index (χ2v) is 21.7. The SMILES string of the molecule is CC/C=C\C/C=C\C/C=C\C/C=C\C/C=C\C/C=C\CCCCC(=O)NC(COP(=O)(O)OCC[N+](C)(C)C)C(O)/C=C/CCCCCCCCCCCCCCCCCCCCCCCCCC. The van der Waals surface area contributed by atoms with Crippen LogP contribution >= 0.6 is 7.82 Å². The largest absolute Gasteiger partial charge is 0.472 e.